The summed E-state index contributed by atoms with van der Waals surface area (Å²) in [6, 6.07) is 3.43. The van der Waals surface area contributed by atoms with Crippen molar-refractivity contribution >= 4 is 40.9 Å². The third-order valence-electron chi connectivity index (χ3n) is 4.58. The van der Waals surface area contributed by atoms with Crippen molar-refractivity contribution in [2.24, 2.45) is 13.0 Å². The maximum absolute atomic E-state index is 12.5. The molecule has 2 aromatic heterocycles. The Balaban J connectivity index is 1.41. The molecule has 1 aliphatic rings. The van der Waals surface area contributed by atoms with Crippen LogP contribution in [0.5, 0.6) is 5.88 Å². The second-order valence-corrected chi connectivity index (χ2v) is 9.80. The highest BCUT2D eigenvalue weighted by atomic mass is 32.2. The molecule has 10 nitrogen and oxygen atoms in total. The number of carbonyl (C=O) groups excluding carboxylic acids is 1. The lowest BCUT2D eigenvalue weighted by molar-refractivity contribution is 0.132. The lowest BCUT2D eigenvalue weighted by Crippen LogP contribution is -2.42. The van der Waals surface area contributed by atoms with Crippen molar-refractivity contribution in [3.05, 3.63) is 18.3 Å². The second kappa shape index (κ2) is 10.2. The van der Waals surface area contributed by atoms with Crippen molar-refractivity contribution in [1.82, 2.24) is 35.4 Å². The fourth-order valence-electron chi connectivity index (χ4n) is 2.99. The lowest BCUT2D eigenvalue weighted by Gasteiger charge is -2.30. The number of thioether (sulfide) groups is 1. The molecule has 0 aliphatic carbocycles. The van der Waals surface area contributed by atoms with Gasteiger partial charge >= 0.3 is 6.09 Å². The van der Waals surface area contributed by atoms with Crippen LogP contribution in [0.1, 0.15) is 33.6 Å². The summed E-state index contributed by atoms with van der Waals surface area (Å²) >= 11 is 6.92. The maximum atomic E-state index is 12.5. The van der Waals surface area contributed by atoms with Crippen LogP contribution in [0.2, 0.25) is 0 Å². The van der Waals surface area contributed by atoms with Crippen LogP contribution in [0.25, 0.3) is 0 Å². The number of anilines is 1. The number of piperidine rings is 1. The molecule has 12 heteroatoms. The largest absolute Gasteiger partial charge is 0.416 e. The Morgan fingerprint density at radius 1 is 1.32 bits per heavy atom. The van der Waals surface area contributed by atoms with Crippen LogP contribution in [0.4, 0.5) is 10.5 Å². The van der Waals surface area contributed by atoms with Crippen LogP contribution < -0.4 is 15.4 Å². The number of amides is 1. The van der Waals surface area contributed by atoms with Crippen LogP contribution in [-0.2, 0) is 7.05 Å². The van der Waals surface area contributed by atoms with Crippen molar-refractivity contribution < 1.29 is 9.53 Å². The minimum atomic E-state index is -0.373. The van der Waals surface area contributed by atoms with E-state index in [1.165, 1.54) is 0 Å². The minimum absolute atomic E-state index is 0.133. The molecular weight excluding hydrogens is 436 g/mol. The number of carbonyl (C=O) groups is 1. The van der Waals surface area contributed by atoms with Gasteiger partial charge < -0.3 is 20.3 Å². The molecule has 168 valence electrons. The van der Waals surface area contributed by atoms with Crippen molar-refractivity contribution in [2.45, 2.75) is 44.3 Å². The predicted molar refractivity (Wildman–Crippen MR) is 123 cm³/mol. The van der Waals surface area contributed by atoms with Gasteiger partial charge in [-0.05, 0) is 68.2 Å². The Labute approximate surface area is 191 Å². The first-order valence-corrected chi connectivity index (χ1v) is 11.5. The number of aromatic nitrogens is 5. The second-order valence-electron chi connectivity index (χ2n) is 8.41. The van der Waals surface area contributed by atoms with E-state index in [1.807, 2.05) is 27.8 Å². The zero-order valence-corrected chi connectivity index (χ0v) is 19.8. The fourth-order valence-corrected chi connectivity index (χ4v) is 4.45. The number of aryl methyl sites for hydroxylation is 1. The molecule has 3 heterocycles. The highest BCUT2D eigenvalue weighted by molar-refractivity contribution is 7.99. The van der Waals surface area contributed by atoms with Gasteiger partial charge in [-0.3, -0.25) is 0 Å². The average molecular weight is 465 g/mol. The highest BCUT2D eigenvalue weighted by Crippen LogP contribution is 2.25. The number of nitrogens with zero attached hydrogens (tertiary/aromatic N) is 6. The van der Waals surface area contributed by atoms with Gasteiger partial charge in [0.15, 0.2) is 5.11 Å². The summed E-state index contributed by atoms with van der Waals surface area (Å²) in [4.78, 5) is 18.4. The zero-order chi connectivity index (χ0) is 22.4. The van der Waals surface area contributed by atoms with E-state index in [4.69, 9.17) is 17.0 Å². The number of nitrogens with one attached hydrogen (secondary N) is 2. The van der Waals surface area contributed by atoms with E-state index < -0.39 is 0 Å². The van der Waals surface area contributed by atoms with Crippen molar-refractivity contribution in [3.8, 4) is 5.88 Å². The molecular formula is C19H28N8O2S2. The Bertz CT molecular complexity index is 889. The molecule has 1 fully saturated rings. The standard InChI is InChI=1S/C19H28N8O2S2/c1-19(2,3)22-16(30)21-14-5-6-15(20-11-14)29-18(28)27-9-7-13(8-10-27)12-31-17-23-24-25-26(17)4/h5-6,11,13H,7-10,12H2,1-4H3,(H2,21,22,30). The van der Waals surface area contributed by atoms with Crippen LogP contribution in [0, 0.1) is 5.92 Å². The summed E-state index contributed by atoms with van der Waals surface area (Å²) in [6.45, 7) is 7.40. The molecule has 1 amide bonds. The Morgan fingerprint density at radius 3 is 2.65 bits per heavy atom. The molecule has 31 heavy (non-hydrogen) atoms. The smallest absolute Gasteiger partial charge is 0.391 e. The Hall–Kier alpha value is -2.47. The van der Waals surface area contributed by atoms with E-state index in [-0.39, 0.29) is 17.5 Å². The van der Waals surface area contributed by atoms with Gasteiger partial charge in [0, 0.05) is 37.5 Å². The van der Waals surface area contributed by atoms with Gasteiger partial charge in [0.1, 0.15) is 0 Å². The molecule has 1 saturated heterocycles. The number of rotatable bonds is 5. The van der Waals surface area contributed by atoms with E-state index in [2.05, 4.69) is 31.1 Å². The minimum Gasteiger partial charge on any atom is -0.391 e. The topological polar surface area (TPSA) is 110 Å². The SMILES string of the molecule is Cn1nnnc1SCC1CCN(C(=O)Oc2ccc(NC(=S)NC(C)(C)C)cn2)CC1. The van der Waals surface area contributed by atoms with Gasteiger partial charge in [0.2, 0.25) is 11.0 Å². The van der Waals surface area contributed by atoms with Gasteiger partial charge in [-0.15, -0.1) is 5.10 Å². The number of hydrogen-bond donors (Lipinski definition) is 2. The number of tetrazole rings is 1. The number of thiocarbonyl (C=S) groups is 1. The summed E-state index contributed by atoms with van der Waals surface area (Å²) in [5.74, 6) is 1.71. The quantitative estimate of drug-likeness (QED) is 0.506. The van der Waals surface area contributed by atoms with E-state index in [1.54, 1.807) is 39.7 Å². The fraction of sp³-hybridized carbons (Fsp3) is 0.579. The maximum Gasteiger partial charge on any atom is 0.416 e. The third-order valence-corrected chi connectivity index (χ3v) is 6.02. The number of hydrogen-bond acceptors (Lipinski definition) is 8. The van der Waals surface area contributed by atoms with Gasteiger partial charge in [-0.1, -0.05) is 11.8 Å². The van der Waals surface area contributed by atoms with Crippen LogP contribution in [0.15, 0.2) is 23.5 Å². The number of likely N-dealkylation sites (tertiary alicyclic amines) is 1. The summed E-state index contributed by atoms with van der Waals surface area (Å²) in [6.07, 6.45) is 3.05. The highest BCUT2D eigenvalue weighted by Gasteiger charge is 2.25. The molecule has 0 spiro atoms. The first-order valence-electron chi connectivity index (χ1n) is 10.1. The van der Waals surface area contributed by atoms with Gasteiger partial charge in [-0.25, -0.2) is 14.5 Å². The van der Waals surface area contributed by atoms with Crippen molar-refractivity contribution in [3.63, 3.8) is 0 Å². The lowest BCUT2D eigenvalue weighted by atomic mass is 9.99. The molecule has 2 N–H and O–H groups in total. The number of ether oxygens (including phenoxy) is 1. The van der Waals surface area contributed by atoms with E-state index in [9.17, 15) is 4.79 Å². The van der Waals surface area contributed by atoms with Gasteiger partial charge in [0.05, 0.1) is 11.9 Å². The van der Waals surface area contributed by atoms with Crippen LogP contribution in [-0.4, -0.2) is 65.7 Å². The molecule has 1 aliphatic heterocycles. The monoisotopic (exact) mass is 464 g/mol. The molecule has 0 bridgehead atoms. The number of pyridine rings is 1. The molecule has 0 saturated carbocycles. The van der Waals surface area contributed by atoms with Gasteiger partial charge in [-0.2, -0.15) is 0 Å². The average Bonchev–Trinajstić information content (AvgIpc) is 3.11. The van der Waals surface area contributed by atoms with Gasteiger partial charge in [0.25, 0.3) is 0 Å². The third kappa shape index (κ3) is 7.31. The van der Waals surface area contributed by atoms with E-state index >= 15 is 0 Å². The first-order chi connectivity index (χ1) is 14.7. The first kappa shape index (κ1) is 23.2. The molecule has 0 aromatic carbocycles. The van der Waals surface area contributed by atoms with Crippen molar-refractivity contribution in [2.75, 3.05) is 24.2 Å². The normalized spacial score (nSPS) is 14.9. The van der Waals surface area contributed by atoms with Crippen LogP contribution in [0.3, 0.4) is 0 Å². The van der Waals surface area contributed by atoms with E-state index in [0.717, 1.165) is 29.4 Å². The molecule has 0 unspecified atom stereocenters. The zero-order valence-electron chi connectivity index (χ0n) is 18.2. The molecule has 0 atom stereocenters. The Kier molecular flexibility index (Phi) is 7.65. The summed E-state index contributed by atoms with van der Waals surface area (Å²) in [5.41, 5.74) is 0.587. The molecule has 2 aromatic rings. The van der Waals surface area contributed by atoms with Crippen LogP contribution >= 0.6 is 24.0 Å². The Morgan fingerprint density at radius 2 is 2.06 bits per heavy atom. The summed E-state index contributed by atoms with van der Waals surface area (Å²) < 4.78 is 7.10. The summed E-state index contributed by atoms with van der Waals surface area (Å²) in [5, 5.41) is 19.0. The van der Waals surface area contributed by atoms with Crippen molar-refractivity contribution in [1.29, 1.82) is 0 Å². The molecule has 3 rings (SSSR count). The van der Waals surface area contributed by atoms with E-state index in [0.29, 0.717) is 24.1 Å². The predicted octanol–water partition coefficient (Wildman–Crippen LogP) is 2.69. The molecule has 0 radical (unpaired) electrons. The summed E-state index contributed by atoms with van der Waals surface area (Å²) in [7, 11) is 1.83.